The van der Waals surface area contributed by atoms with Gasteiger partial charge in [0.15, 0.2) is 5.82 Å². The second-order valence-electron chi connectivity index (χ2n) is 3.74. The van der Waals surface area contributed by atoms with Crippen molar-refractivity contribution < 1.29 is 4.21 Å². The molecule has 96 valence electrons. The minimum atomic E-state index is -0.899. The Kier molecular flexibility index (Phi) is 3.93. The molecule has 0 spiro atoms. The Morgan fingerprint density at radius 2 is 2.28 bits per heavy atom. The van der Waals surface area contributed by atoms with E-state index in [9.17, 15) is 4.21 Å². The topological polar surface area (TPSA) is 86.7 Å². The Morgan fingerprint density at radius 1 is 1.50 bits per heavy atom. The van der Waals surface area contributed by atoms with Crippen LogP contribution in [-0.2, 0) is 17.3 Å². The number of hydrogen-bond donors (Lipinski definition) is 1. The Morgan fingerprint density at radius 3 is 3.00 bits per heavy atom. The summed E-state index contributed by atoms with van der Waals surface area (Å²) in [6.45, 7) is 0.469. The maximum absolute atomic E-state index is 11.1. The third-order valence-electron chi connectivity index (χ3n) is 2.35. The highest BCUT2D eigenvalue weighted by Crippen LogP contribution is 2.27. The molecule has 8 heteroatoms. The van der Waals surface area contributed by atoms with E-state index in [1.54, 1.807) is 29.1 Å². The van der Waals surface area contributed by atoms with Crippen LogP contribution in [0.3, 0.4) is 0 Å². The lowest BCUT2D eigenvalue weighted by Gasteiger charge is -2.06. The summed E-state index contributed by atoms with van der Waals surface area (Å²) in [7, 11) is -0.899. The van der Waals surface area contributed by atoms with E-state index in [4.69, 9.17) is 17.3 Å². The van der Waals surface area contributed by atoms with Crippen molar-refractivity contribution in [2.75, 3.05) is 17.7 Å². The molecular formula is C10H12ClN5OS. The molecule has 1 unspecified atom stereocenters. The van der Waals surface area contributed by atoms with Crippen LogP contribution in [0.15, 0.2) is 18.2 Å². The fourth-order valence-electron chi connectivity index (χ4n) is 1.48. The molecule has 1 aromatic carbocycles. The van der Waals surface area contributed by atoms with Crippen molar-refractivity contribution in [2.45, 2.75) is 6.54 Å². The van der Waals surface area contributed by atoms with E-state index >= 15 is 0 Å². The Balaban J connectivity index is 2.36. The summed E-state index contributed by atoms with van der Waals surface area (Å²) in [6.07, 6.45) is 1.64. The first-order chi connectivity index (χ1) is 8.58. The molecule has 2 rings (SSSR count). The van der Waals surface area contributed by atoms with Crippen LogP contribution in [0.2, 0.25) is 5.02 Å². The molecule has 1 atom stereocenters. The standard InChI is InChI=1S/C10H12ClN5OS/c1-18(17)5-4-16-10(13-14-15-16)8-6-7(12)2-3-9(8)11/h2-3,6H,4-5,12H2,1H3. The Bertz CT molecular complexity index is 585. The smallest absolute Gasteiger partial charge is 0.183 e. The van der Waals surface area contributed by atoms with Crippen LogP contribution in [-0.4, -0.2) is 36.4 Å². The number of benzene rings is 1. The van der Waals surface area contributed by atoms with Crippen molar-refractivity contribution in [3.8, 4) is 11.4 Å². The fourth-order valence-corrected chi connectivity index (χ4v) is 2.11. The van der Waals surface area contributed by atoms with Crippen LogP contribution in [0, 0.1) is 0 Å². The molecule has 0 bridgehead atoms. The zero-order chi connectivity index (χ0) is 13.1. The maximum Gasteiger partial charge on any atom is 0.183 e. The number of halogens is 1. The van der Waals surface area contributed by atoms with Gasteiger partial charge in [-0.2, -0.15) is 0 Å². The van der Waals surface area contributed by atoms with E-state index in [0.717, 1.165) is 0 Å². The highest BCUT2D eigenvalue weighted by atomic mass is 35.5. The van der Waals surface area contributed by atoms with Gasteiger partial charge in [-0.3, -0.25) is 4.21 Å². The van der Waals surface area contributed by atoms with E-state index in [2.05, 4.69) is 15.5 Å². The summed E-state index contributed by atoms with van der Waals surface area (Å²) in [6, 6.07) is 5.12. The molecule has 0 amide bonds. The number of nitrogen functional groups attached to an aromatic ring is 1. The molecule has 1 aromatic heterocycles. The van der Waals surface area contributed by atoms with Gasteiger partial charge in [0.25, 0.3) is 0 Å². The largest absolute Gasteiger partial charge is 0.399 e. The second-order valence-corrected chi connectivity index (χ2v) is 5.70. The van der Waals surface area contributed by atoms with Gasteiger partial charge < -0.3 is 5.73 Å². The van der Waals surface area contributed by atoms with E-state index in [1.165, 1.54) is 0 Å². The molecule has 1 heterocycles. The molecule has 0 aliphatic rings. The van der Waals surface area contributed by atoms with Crippen LogP contribution in [0.4, 0.5) is 5.69 Å². The predicted molar refractivity (Wildman–Crippen MR) is 71.6 cm³/mol. The molecule has 0 aliphatic carbocycles. The van der Waals surface area contributed by atoms with Crippen molar-refractivity contribution in [3.05, 3.63) is 23.2 Å². The normalized spacial score (nSPS) is 12.6. The molecule has 0 fully saturated rings. The highest BCUT2D eigenvalue weighted by molar-refractivity contribution is 7.84. The van der Waals surface area contributed by atoms with Crippen LogP contribution >= 0.6 is 11.6 Å². The van der Waals surface area contributed by atoms with E-state index in [-0.39, 0.29) is 0 Å². The van der Waals surface area contributed by atoms with E-state index < -0.39 is 10.8 Å². The maximum atomic E-state index is 11.1. The van der Waals surface area contributed by atoms with Crippen molar-refractivity contribution in [1.29, 1.82) is 0 Å². The molecule has 6 nitrogen and oxygen atoms in total. The van der Waals surface area contributed by atoms with Gasteiger partial charge in [0.2, 0.25) is 0 Å². The summed E-state index contributed by atoms with van der Waals surface area (Å²) in [5.41, 5.74) is 6.98. The van der Waals surface area contributed by atoms with Gasteiger partial charge in [-0.05, 0) is 28.6 Å². The first kappa shape index (κ1) is 13.0. The average molecular weight is 286 g/mol. The lowest BCUT2D eigenvalue weighted by Crippen LogP contribution is -2.09. The number of aryl methyl sites for hydroxylation is 1. The number of nitrogens with two attached hydrogens (primary N) is 1. The molecule has 2 aromatic rings. The first-order valence-corrected chi connectivity index (χ1v) is 7.30. The van der Waals surface area contributed by atoms with Crippen molar-refractivity contribution in [1.82, 2.24) is 20.2 Å². The fraction of sp³-hybridized carbons (Fsp3) is 0.300. The zero-order valence-corrected chi connectivity index (χ0v) is 11.3. The Hall–Kier alpha value is -1.47. The first-order valence-electron chi connectivity index (χ1n) is 5.19. The summed E-state index contributed by atoms with van der Waals surface area (Å²) in [5.74, 6) is 1.01. The third kappa shape index (κ3) is 2.85. The van der Waals surface area contributed by atoms with E-state index in [1.807, 2.05) is 0 Å². The predicted octanol–water partition coefficient (Wildman–Crippen LogP) is 0.954. The molecule has 0 saturated heterocycles. The minimum Gasteiger partial charge on any atom is -0.399 e. The van der Waals surface area contributed by atoms with Gasteiger partial charge in [0.05, 0.1) is 11.6 Å². The summed E-state index contributed by atoms with van der Waals surface area (Å²) >= 11 is 6.10. The summed E-state index contributed by atoms with van der Waals surface area (Å²) in [5, 5.41) is 11.9. The lowest BCUT2D eigenvalue weighted by atomic mass is 10.2. The van der Waals surface area contributed by atoms with Crippen LogP contribution in [0.5, 0.6) is 0 Å². The second kappa shape index (κ2) is 5.45. The summed E-state index contributed by atoms with van der Waals surface area (Å²) in [4.78, 5) is 0. The van der Waals surface area contributed by atoms with Gasteiger partial charge >= 0.3 is 0 Å². The molecular weight excluding hydrogens is 274 g/mol. The number of hydrogen-bond acceptors (Lipinski definition) is 5. The molecule has 0 radical (unpaired) electrons. The molecule has 0 saturated carbocycles. The number of tetrazole rings is 1. The monoisotopic (exact) mass is 285 g/mol. The molecule has 18 heavy (non-hydrogen) atoms. The number of rotatable bonds is 4. The highest BCUT2D eigenvalue weighted by Gasteiger charge is 2.13. The number of aromatic nitrogens is 4. The van der Waals surface area contributed by atoms with Gasteiger partial charge in [0, 0.05) is 34.1 Å². The minimum absolute atomic E-state index is 0.469. The quantitative estimate of drug-likeness (QED) is 0.845. The van der Waals surface area contributed by atoms with Gasteiger partial charge in [-0.25, -0.2) is 4.68 Å². The number of anilines is 1. The average Bonchev–Trinajstić information content (AvgIpc) is 2.77. The van der Waals surface area contributed by atoms with Crippen molar-refractivity contribution >= 4 is 28.1 Å². The third-order valence-corrected chi connectivity index (χ3v) is 3.44. The number of nitrogens with zero attached hydrogens (tertiary/aromatic N) is 4. The summed E-state index contributed by atoms with van der Waals surface area (Å²) < 4.78 is 12.7. The van der Waals surface area contributed by atoms with Gasteiger partial charge in [0.1, 0.15) is 0 Å². The van der Waals surface area contributed by atoms with Gasteiger partial charge in [-0.15, -0.1) is 5.10 Å². The Labute approximate surface area is 112 Å². The lowest BCUT2D eigenvalue weighted by molar-refractivity contribution is 0.625. The molecule has 0 aliphatic heterocycles. The molecule has 2 N–H and O–H groups in total. The van der Waals surface area contributed by atoms with Crippen LogP contribution in [0.25, 0.3) is 11.4 Å². The zero-order valence-electron chi connectivity index (χ0n) is 9.71. The van der Waals surface area contributed by atoms with Gasteiger partial charge in [-0.1, -0.05) is 11.6 Å². The van der Waals surface area contributed by atoms with Crippen LogP contribution in [0.1, 0.15) is 0 Å². The van der Waals surface area contributed by atoms with E-state index in [0.29, 0.717) is 34.4 Å². The van der Waals surface area contributed by atoms with Crippen molar-refractivity contribution in [2.24, 2.45) is 0 Å². The van der Waals surface area contributed by atoms with Crippen LogP contribution < -0.4 is 5.73 Å². The van der Waals surface area contributed by atoms with Crippen molar-refractivity contribution in [3.63, 3.8) is 0 Å². The SMILES string of the molecule is CS(=O)CCn1nnnc1-c1cc(N)ccc1Cl.